The van der Waals surface area contributed by atoms with Gasteiger partial charge in [0.1, 0.15) is 11.4 Å². The monoisotopic (exact) mass is 460 g/mol. The lowest BCUT2D eigenvalue weighted by atomic mass is 10.2. The molecule has 1 aliphatic heterocycles. The summed E-state index contributed by atoms with van der Waals surface area (Å²) in [6, 6.07) is 2.19. The second-order valence-corrected chi connectivity index (χ2v) is 9.46. The van der Waals surface area contributed by atoms with Gasteiger partial charge in [0, 0.05) is 13.0 Å². The van der Waals surface area contributed by atoms with Gasteiger partial charge in [0.05, 0.1) is 17.5 Å². The fourth-order valence-electron chi connectivity index (χ4n) is 2.72. The highest BCUT2D eigenvalue weighted by molar-refractivity contribution is 7.89. The number of hydrogen-bond donors (Lipinski definition) is 1. The number of likely N-dealkylation sites (tertiary alicyclic amines) is 1. The Morgan fingerprint density at radius 1 is 1.20 bits per heavy atom. The van der Waals surface area contributed by atoms with Gasteiger partial charge in [0.25, 0.3) is 5.92 Å². The normalized spacial score (nSPS) is 19.6. The molecule has 0 aromatic heterocycles. The summed E-state index contributed by atoms with van der Waals surface area (Å²) in [7, 11) is -4.24. The van der Waals surface area contributed by atoms with Crippen molar-refractivity contribution in [1.29, 1.82) is 0 Å². The van der Waals surface area contributed by atoms with E-state index in [4.69, 9.17) is 4.74 Å². The lowest BCUT2D eigenvalue weighted by molar-refractivity contribution is -0.274. The molecule has 1 N–H and O–H groups in total. The van der Waals surface area contributed by atoms with Crippen LogP contribution in [0.3, 0.4) is 0 Å². The Hall–Kier alpha value is -2.15. The summed E-state index contributed by atoms with van der Waals surface area (Å²) in [5.74, 6) is -3.84. The lowest BCUT2D eigenvalue weighted by Crippen LogP contribution is -2.45. The Bertz CT molecular complexity index is 866. The molecule has 1 fully saturated rings. The van der Waals surface area contributed by atoms with Crippen molar-refractivity contribution in [2.45, 2.75) is 56.0 Å². The van der Waals surface area contributed by atoms with Crippen LogP contribution in [0, 0.1) is 0 Å². The fourth-order valence-corrected chi connectivity index (χ4v) is 3.80. The number of halogens is 5. The predicted octanol–water partition coefficient (Wildman–Crippen LogP) is 3.51. The van der Waals surface area contributed by atoms with Crippen molar-refractivity contribution in [3.63, 3.8) is 0 Å². The van der Waals surface area contributed by atoms with Crippen molar-refractivity contribution in [2.24, 2.45) is 0 Å². The quantitative estimate of drug-likeness (QED) is 0.680. The summed E-state index contributed by atoms with van der Waals surface area (Å²) < 4.78 is 99.7. The first-order chi connectivity index (χ1) is 13.5. The molecule has 1 heterocycles. The SMILES string of the molecule is CC(C)(C)OC(=O)N1CC(F)(F)CC1CNS(=O)(=O)c1ccc(OC(F)(F)F)cc1. The van der Waals surface area contributed by atoms with E-state index in [9.17, 15) is 35.2 Å². The molecule has 1 atom stereocenters. The first-order valence-corrected chi connectivity index (χ1v) is 10.2. The van der Waals surface area contributed by atoms with Gasteiger partial charge in [0.2, 0.25) is 10.0 Å². The molecule has 170 valence electrons. The molecule has 1 saturated heterocycles. The van der Waals surface area contributed by atoms with Crippen LogP contribution in [0.1, 0.15) is 27.2 Å². The van der Waals surface area contributed by atoms with E-state index in [0.717, 1.165) is 29.2 Å². The highest BCUT2D eigenvalue weighted by Crippen LogP contribution is 2.33. The van der Waals surface area contributed by atoms with Crippen LogP contribution in [0.5, 0.6) is 5.75 Å². The van der Waals surface area contributed by atoms with E-state index in [1.807, 2.05) is 0 Å². The topological polar surface area (TPSA) is 84.9 Å². The number of benzene rings is 1. The maximum absolute atomic E-state index is 13.8. The summed E-state index contributed by atoms with van der Waals surface area (Å²) in [4.78, 5) is 12.6. The molecular formula is C17H21F5N2O5S. The molecule has 2 rings (SSSR count). The molecule has 1 amide bonds. The Morgan fingerprint density at radius 3 is 2.27 bits per heavy atom. The van der Waals surface area contributed by atoms with Crippen LogP contribution in [-0.2, 0) is 14.8 Å². The van der Waals surface area contributed by atoms with Gasteiger partial charge in [-0.25, -0.2) is 26.7 Å². The zero-order chi connectivity index (χ0) is 23.0. The number of ether oxygens (including phenoxy) is 2. The van der Waals surface area contributed by atoms with Gasteiger partial charge in [-0.05, 0) is 45.0 Å². The number of amides is 1. The average molecular weight is 460 g/mol. The Kier molecular flexibility index (Phi) is 6.57. The molecular weight excluding hydrogens is 439 g/mol. The zero-order valence-corrected chi connectivity index (χ0v) is 17.1. The molecule has 1 unspecified atom stereocenters. The highest BCUT2D eigenvalue weighted by atomic mass is 32.2. The number of nitrogens with one attached hydrogen (secondary N) is 1. The van der Waals surface area contributed by atoms with Gasteiger partial charge in [-0.15, -0.1) is 13.2 Å². The zero-order valence-electron chi connectivity index (χ0n) is 16.3. The number of nitrogens with zero attached hydrogens (tertiary/aromatic N) is 1. The highest BCUT2D eigenvalue weighted by Gasteiger charge is 2.48. The number of alkyl halides is 5. The van der Waals surface area contributed by atoms with Gasteiger partial charge < -0.3 is 9.47 Å². The number of carbonyl (C=O) groups excluding carboxylic acids is 1. The van der Waals surface area contributed by atoms with E-state index in [1.165, 1.54) is 0 Å². The predicted molar refractivity (Wildman–Crippen MR) is 94.6 cm³/mol. The molecule has 1 aromatic carbocycles. The third-order valence-corrected chi connectivity index (χ3v) is 5.32. The largest absolute Gasteiger partial charge is 0.573 e. The maximum Gasteiger partial charge on any atom is 0.573 e. The molecule has 7 nitrogen and oxygen atoms in total. The van der Waals surface area contributed by atoms with Crippen LogP contribution in [0.2, 0.25) is 0 Å². The van der Waals surface area contributed by atoms with Crippen molar-refractivity contribution in [2.75, 3.05) is 13.1 Å². The molecule has 13 heteroatoms. The molecule has 0 bridgehead atoms. The summed E-state index contributed by atoms with van der Waals surface area (Å²) in [5, 5.41) is 0. The van der Waals surface area contributed by atoms with Crippen LogP contribution in [0.15, 0.2) is 29.2 Å². The molecule has 0 aliphatic carbocycles. The first-order valence-electron chi connectivity index (χ1n) is 8.70. The second-order valence-electron chi connectivity index (χ2n) is 7.69. The van der Waals surface area contributed by atoms with E-state index in [0.29, 0.717) is 0 Å². The smallest absolute Gasteiger partial charge is 0.444 e. The van der Waals surface area contributed by atoms with Crippen molar-refractivity contribution in [1.82, 2.24) is 9.62 Å². The van der Waals surface area contributed by atoms with Crippen LogP contribution >= 0.6 is 0 Å². The van der Waals surface area contributed by atoms with E-state index in [2.05, 4.69) is 9.46 Å². The lowest BCUT2D eigenvalue weighted by Gasteiger charge is -2.28. The molecule has 0 spiro atoms. The van der Waals surface area contributed by atoms with Gasteiger partial charge in [-0.3, -0.25) is 4.90 Å². The van der Waals surface area contributed by atoms with Gasteiger partial charge >= 0.3 is 12.5 Å². The third-order valence-electron chi connectivity index (χ3n) is 3.88. The Balaban J connectivity index is 2.08. The minimum atomic E-state index is -4.93. The van der Waals surface area contributed by atoms with Gasteiger partial charge in [-0.1, -0.05) is 0 Å². The number of carbonyl (C=O) groups is 1. The molecule has 30 heavy (non-hydrogen) atoms. The number of rotatable bonds is 5. The Labute approximate surface area is 170 Å². The number of hydrogen-bond acceptors (Lipinski definition) is 5. The summed E-state index contributed by atoms with van der Waals surface area (Å²) in [6.45, 7) is 3.23. The van der Waals surface area contributed by atoms with Gasteiger partial charge in [0.15, 0.2) is 0 Å². The summed E-state index contributed by atoms with van der Waals surface area (Å²) in [5.41, 5.74) is -0.931. The van der Waals surface area contributed by atoms with E-state index < -0.39 is 70.2 Å². The maximum atomic E-state index is 13.8. The van der Waals surface area contributed by atoms with Crippen LogP contribution in [-0.4, -0.2) is 56.4 Å². The van der Waals surface area contributed by atoms with Gasteiger partial charge in [-0.2, -0.15) is 0 Å². The summed E-state index contributed by atoms with van der Waals surface area (Å²) >= 11 is 0. The third kappa shape index (κ3) is 6.97. The number of sulfonamides is 1. The fraction of sp³-hybridized carbons (Fsp3) is 0.588. The van der Waals surface area contributed by atoms with Crippen molar-refractivity contribution in [3.8, 4) is 5.75 Å². The Morgan fingerprint density at radius 2 is 1.77 bits per heavy atom. The van der Waals surface area contributed by atoms with E-state index in [1.54, 1.807) is 20.8 Å². The van der Waals surface area contributed by atoms with Crippen molar-refractivity contribution < 1.29 is 44.6 Å². The van der Waals surface area contributed by atoms with E-state index in [-0.39, 0.29) is 0 Å². The second kappa shape index (κ2) is 8.17. The molecule has 0 saturated carbocycles. The standard InChI is InChI=1S/C17H21F5N2O5S/c1-15(2,3)29-14(25)24-10-16(18,19)8-11(24)9-23-30(26,27)13-6-4-12(5-7-13)28-17(20,21)22/h4-7,11,23H,8-10H2,1-3H3. The minimum absolute atomic E-state index is 0.398. The van der Waals surface area contributed by atoms with Crippen LogP contribution in [0.4, 0.5) is 26.7 Å². The molecule has 1 aromatic rings. The molecule has 0 radical (unpaired) electrons. The molecule has 1 aliphatic rings. The van der Waals surface area contributed by atoms with E-state index >= 15 is 0 Å². The van der Waals surface area contributed by atoms with Crippen molar-refractivity contribution >= 4 is 16.1 Å². The van der Waals surface area contributed by atoms with Crippen LogP contribution in [0.25, 0.3) is 0 Å². The van der Waals surface area contributed by atoms with Crippen LogP contribution < -0.4 is 9.46 Å². The average Bonchev–Trinajstić information content (AvgIpc) is 2.86. The first kappa shape index (κ1) is 24.1. The summed E-state index contributed by atoms with van der Waals surface area (Å²) in [6.07, 6.45) is -6.71. The van der Waals surface area contributed by atoms with Crippen molar-refractivity contribution in [3.05, 3.63) is 24.3 Å². The minimum Gasteiger partial charge on any atom is -0.444 e.